The summed E-state index contributed by atoms with van der Waals surface area (Å²) in [6.45, 7) is 3.50. The molecule has 92 valence electrons. The van der Waals surface area contributed by atoms with Gasteiger partial charge in [-0.15, -0.1) is 6.42 Å². The molecule has 0 aromatic heterocycles. The van der Waals surface area contributed by atoms with Crippen molar-refractivity contribution in [3.8, 4) is 12.3 Å². The molecular formula is C13H17NO2S. The maximum Gasteiger partial charge on any atom is 0.152 e. The van der Waals surface area contributed by atoms with Crippen LogP contribution in [0.1, 0.15) is 19.4 Å². The summed E-state index contributed by atoms with van der Waals surface area (Å²) in [6.07, 6.45) is 5.30. The molecule has 1 N–H and O–H groups in total. The van der Waals surface area contributed by atoms with Gasteiger partial charge in [0.2, 0.25) is 0 Å². The van der Waals surface area contributed by atoms with Crippen LogP contribution >= 0.6 is 0 Å². The summed E-state index contributed by atoms with van der Waals surface area (Å²) in [6, 6.07) is 7.25. The number of rotatable bonds is 5. The minimum Gasteiger partial charge on any atom is -0.382 e. The van der Waals surface area contributed by atoms with E-state index in [0.717, 1.165) is 11.3 Å². The summed E-state index contributed by atoms with van der Waals surface area (Å²) >= 11 is 0. The van der Waals surface area contributed by atoms with Crippen LogP contribution < -0.4 is 5.32 Å². The van der Waals surface area contributed by atoms with E-state index in [-0.39, 0.29) is 17.5 Å². The molecule has 0 amide bonds. The monoisotopic (exact) mass is 251 g/mol. The van der Waals surface area contributed by atoms with Gasteiger partial charge in [0.15, 0.2) is 9.84 Å². The van der Waals surface area contributed by atoms with Crippen LogP contribution in [0.2, 0.25) is 0 Å². The Balaban J connectivity index is 2.69. The lowest BCUT2D eigenvalue weighted by Crippen LogP contribution is -2.26. The first-order chi connectivity index (χ1) is 7.96. The molecule has 1 rings (SSSR count). The summed E-state index contributed by atoms with van der Waals surface area (Å²) < 4.78 is 22.9. The Morgan fingerprint density at radius 1 is 1.47 bits per heavy atom. The zero-order valence-electron chi connectivity index (χ0n) is 10.1. The molecule has 0 heterocycles. The molecule has 1 atom stereocenters. The number of hydrogen-bond donors (Lipinski definition) is 1. The highest BCUT2D eigenvalue weighted by Gasteiger charge is 2.13. The lowest BCUT2D eigenvalue weighted by atomic mass is 10.2. The molecule has 0 saturated heterocycles. The quantitative estimate of drug-likeness (QED) is 0.813. The maximum absolute atomic E-state index is 11.5. The predicted octanol–water partition coefficient (Wildman–Crippen LogP) is 1.90. The van der Waals surface area contributed by atoms with Gasteiger partial charge in [-0.1, -0.05) is 18.9 Å². The van der Waals surface area contributed by atoms with Crippen LogP contribution in [0.4, 0.5) is 5.69 Å². The Morgan fingerprint density at radius 3 is 2.76 bits per heavy atom. The van der Waals surface area contributed by atoms with Gasteiger partial charge in [-0.3, -0.25) is 0 Å². The van der Waals surface area contributed by atoms with E-state index in [9.17, 15) is 8.42 Å². The molecule has 0 fully saturated rings. The Kier molecular flexibility index (Phi) is 4.59. The average Bonchev–Trinajstić information content (AvgIpc) is 2.28. The van der Waals surface area contributed by atoms with Crippen LogP contribution in [0.5, 0.6) is 0 Å². The van der Waals surface area contributed by atoms with E-state index < -0.39 is 9.84 Å². The number of nitrogens with one attached hydrogen (secondary N) is 1. The largest absolute Gasteiger partial charge is 0.382 e. The molecule has 0 spiro atoms. The number of sulfone groups is 1. The van der Waals surface area contributed by atoms with Crippen molar-refractivity contribution in [1.82, 2.24) is 0 Å². The van der Waals surface area contributed by atoms with Crippen molar-refractivity contribution >= 4 is 15.5 Å². The van der Waals surface area contributed by atoms with Gasteiger partial charge in [-0.05, 0) is 25.1 Å². The van der Waals surface area contributed by atoms with Crippen molar-refractivity contribution in [2.75, 3.05) is 16.8 Å². The first-order valence-corrected chi connectivity index (χ1v) is 7.32. The Labute approximate surface area is 103 Å². The number of terminal acetylenes is 1. The predicted molar refractivity (Wildman–Crippen MR) is 71.8 cm³/mol. The van der Waals surface area contributed by atoms with Crippen molar-refractivity contribution in [3.63, 3.8) is 0 Å². The van der Waals surface area contributed by atoms with Gasteiger partial charge in [0.05, 0.1) is 5.75 Å². The second-order valence-corrected chi connectivity index (χ2v) is 6.37. The zero-order valence-corrected chi connectivity index (χ0v) is 10.9. The average molecular weight is 251 g/mol. The van der Waals surface area contributed by atoms with Crippen molar-refractivity contribution in [1.29, 1.82) is 0 Å². The fraction of sp³-hybridized carbons (Fsp3) is 0.385. The highest BCUT2D eigenvalue weighted by molar-refractivity contribution is 7.91. The Hall–Kier alpha value is -1.47. The fourth-order valence-electron chi connectivity index (χ4n) is 1.52. The van der Waals surface area contributed by atoms with Crippen LogP contribution in [0.15, 0.2) is 24.3 Å². The van der Waals surface area contributed by atoms with E-state index in [1.54, 1.807) is 6.92 Å². The highest BCUT2D eigenvalue weighted by Crippen LogP contribution is 2.11. The molecule has 4 heteroatoms. The molecule has 3 nitrogen and oxygen atoms in total. The third kappa shape index (κ3) is 4.49. The van der Waals surface area contributed by atoms with Crippen LogP contribution in [-0.4, -0.2) is 26.0 Å². The second-order valence-electron chi connectivity index (χ2n) is 3.97. The topological polar surface area (TPSA) is 46.2 Å². The zero-order chi connectivity index (χ0) is 12.9. The van der Waals surface area contributed by atoms with Gasteiger partial charge >= 0.3 is 0 Å². The first kappa shape index (κ1) is 13.6. The summed E-state index contributed by atoms with van der Waals surface area (Å²) in [5.74, 6) is 2.84. The van der Waals surface area contributed by atoms with Gasteiger partial charge < -0.3 is 5.32 Å². The van der Waals surface area contributed by atoms with E-state index in [4.69, 9.17) is 6.42 Å². The van der Waals surface area contributed by atoms with Gasteiger partial charge in [0, 0.05) is 23.0 Å². The molecule has 0 radical (unpaired) electrons. The van der Waals surface area contributed by atoms with E-state index in [0.29, 0.717) is 0 Å². The maximum atomic E-state index is 11.5. The number of anilines is 1. The second kappa shape index (κ2) is 5.74. The number of benzene rings is 1. The number of hydrogen-bond acceptors (Lipinski definition) is 3. The third-order valence-electron chi connectivity index (χ3n) is 2.39. The SMILES string of the molecule is C#Cc1cccc(NC(C)CS(=O)(=O)CC)c1. The molecule has 1 aromatic carbocycles. The lowest BCUT2D eigenvalue weighted by molar-refractivity contribution is 0.593. The molecule has 0 aliphatic carbocycles. The summed E-state index contributed by atoms with van der Waals surface area (Å²) in [5.41, 5.74) is 1.62. The van der Waals surface area contributed by atoms with Gasteiger partial charge in [0.1, 0.15) is 0 Å². The van der Waals surface area contributed by atoms with Crippen molar-refractivity contribution < 1.29 is 8.42 Å². The van der Waals surface area contributed by atoms with Crippen LogP contribution in [0, 0.1) is 12.3 Å². The molecule has 0 aliphatic heterocycles. The van der Waals surface area contributed by atoms with Gasteiger partial charge in [-0.2, -0.15) is 0 Å². The van der Waals surface area contributed by atoms with Crippen LogP contribution in [0.25, 0.3) is 0 Å². The minimum absolute atomic E-state index is 0.129. The van der Waals surface area contributed by atoms with Crippen molar-refractivity contribution in [2.24, 2.45) is 0 Å². The van der Waals surface area contributed by atoms with Crippen LogP contribution in [-0.2, 0) is 9.84 Å². The third-order valence-corrected chi connectivity index (χ3v) is 4.27. The molecule has 1 unspecified atom stereocenters. The van der Waals surface area contributed by atoms with E-state index in [2.05, 4.69) is 11.2 Å². The van der Waals surface area contributed by atoms with E-state index in [1.165, 1.54) is 0 Å². The Morgan fingerprint density at radius 2 is 2.18 bits per heavy atom. The standard InChI is InChI=1S/C13H17NO2S/c1-4-12-7-6-8-13(9-12)14-11(3)10-17(15,16)5-2/h1,6-9,11,14H,5,10H2,2-3H3. The molecule has 0 saturated carbocycles. The molecule has 0 aliphatic rings. The van der Waals surface area contributed by atoms with Crippen molar-refractivity contribution in [2.45, 2.75) is 19.9 Å². The summed E-state index contributed by atoms with van der Waals surface area (Å²) in [7, 11) is -2.96. The molecule has 1 aromatic rings. The molecule has 17 heavy (non-hydrogen) atoms. The Bertz CT molecular complexity index is 514. The highest BCUT2D eigenvalue weighted by atomic mass is 32.2. The normalized spacial score (nSPS) is 12.8. The fourth-order valence-corrected chi connectivity index (χ4v) is 2.60. The minimum atomic E-state index is -2.96. The molecule has 0 bridgehead atoms. The van der Waals surface area contributed by atoms with E-state index in [1.807, 2.05) is 31.2 Å². The van der Waals surface area contributed by atoms with Gasteiger partial charge in [-0.25, -0.2) is 8.42 Å². The first-order valence-electron chi connectivity index (χ1n) is 5.50. The smallest absolute Gasteiger partial charge is 0.152 e. The van der Waals surface area contributed by atoms with Gasteiger partial charge in [0.25, 0.3) is 0 Å². The van der Waals surface area contributed by atoms with Crippen molar-refractivity contribution in [3.05, 3.63) is 29.8 Å². The van der Waals surface area contributed by atoms with E-state index >= 15 is 0 Å². The lowest BCUT2D eigenvalue weighted by Gasteiger charge is -2.15. The molecular weight excluding hydrogens is 234 g/mol. The summed E-state index contributed by atoms with van der Waals surface area (Å²) in [5, 5.41) is 3.13. The van der Waals surface area contributed by atoms with Crippen LogP contribution in [0.3, 0.4) is 0 Å². The summed E-state index contributed by atoms with van der Waals surface area (Å²) in [4.78, 5) is 0.